The second-order valence-electron chi connectivity index (χ2n) is 6.24. The zero-order chi connectivity index (χ0) is 14.7. The Morgan fingerprint density at radius 1 is 1.05 bits per heavy atom. The number of rotatable bonds is 4. The lowest BCUT2D eigenvalue weighted by Crippen LogP contribution is -2.33. The van der Waals surface area contributed by atoms with Gasteiger partial charge in [-0.15, -0.1) is 0 Å². The highest BCUT2D eigenvalue weighted by Crippen LogP contribution is 2.34. The van der Waals surface area contributed by atoms with Crippen LogP contribution in [0.15, 0.2) is 48.5 Å². The van der Waals surface area contributed by atoms with Crippen molar-refractivity contribution in [1.82, 2.24) is 0 Å². The maximum Gasteiger partial charge on any atom is 0.0149 e. The van der Waals surface area contributed by atoms with Crippen LogP contribution in [-0.2, 0) is 19.3 Å². The lowest BCUT2D eigenvalue weighted by Gasteiger charge is -2.30. The predicted octanol–water partition coefficient (Wildman–Crippen LogP) is 4.24. The number of nitrogens with two attached hydrogens (primary N) is 1. The zero-order valence-electron chi connectivity index (χ0n) is 12.9. The van der Waals surface area contributed by atoms with Crippen LogP contribution in [0.5, 0.6) is 0 Å². The van der Waals surface area contributed by atoms with Crippen molar-refractivity contribution in [2.24, 2.45) is 5.73 Å². The van der Waals surface area contributed by atoms with Gasteiger partial charge in [0.15, 0.2) is 0 Å². The first kappa shape index (κ1) is 14.3. The molecule has 0 heterocycles. The third-order valence-electron chi connectivity index (χ3n) is 4.84. The Kier molecular flexibility index (Phi) is 4.40. The minimum atomic E-state index is 0.221. The molecule has 2 aromatic rings. The second-order valence-corrected chi connectivity index (χ2v) is 6.24. The standard InChI is InChI=1S/C20H25N/c1-2-15-10-12-16(13-11-15)14-20(21)19-9-5-7-17-6-3-4-8-18(17)19/h3-4,6,8,10-13,19-20H,2,5,7,9,14,21H2,1H3. The second kappa shape index (κ2) is 6.44. The van der Waals surface area contributed by atoms with E-state index in [1.807, 2.05) is 0 Å². The maximum atomic E-state index is 6.57. The molecule has 1 aliphatic rings. The first-order chi connectivity index (χ1) is 10.3. The van der Waals surface area contributed by atoms with Gasteiger partial charge in [-0.2, -0.15) is 0 Å². The third kappa shape index (κ3) is 3.19. The van der Waals surface area contributed by atoms with Crippen LogP contribution in [0.4, 0.5) is 0 Å². The van der Waals surface area contributed by atoms with E-state index in [0.29, 0.717) is 5.92 Å². The maximum absolute atomic E-state index is 6.57. The molecular formula is C20H25N. The quantitative estimate of drug-likeness (QED) is 0.890. The molecule has 0 radical (unpaired) electrons. The summed E-state index contributed by atoms with van der Waals surface area (Å²) in [6, 6.07) is 18.0. The van der Waals surface area contributed by atoms with Crippen molar-refractivity contribution in [2.75, 3.05) is 0 Å². The number of benzene rings is 2. The molecule has 1 nitrogen and oxygen atoms in total. The van der Waals surface area contributed by atoms with Gasteiger partial charge in [0.05, 0.1) is 0 Å². The van der Waals surface area contributed by atoms with Crippen molar-refractivity contribution in [3.05, 3.63) is 70.8 Å². The Morgan fingerprint density at radius 2 is 1.76 bits per heavy atom. The van der Waals surface area contributed by atoms with E-state index in [1.165, 1.54) is 41.5 Å². The van der Waals surface area contributed by atoms with Crippen LogP contribution in [0.25, 0.3) is 0 Å². The smallest absolute Gasteiger partial charge is 0.0149 e. The largest absolute Gasteiger partial charge is 0.327 e. The molecule has 0 saturated heterocycles. The molecule has 0 fully saturated rings. The molecule has 1 heteroatoms. The van der Waals surface area contributed by atoms with Gasteiger partial charge in [0.25, 0.3) is 0 Å². The first-order valence-corrected chi connectivity index (χ1v) is 8.19. The monoisotopic (exact) mass is 279 g/mol. The molecule has 2 unspecified atom stereocenters. The zero-order valence-corrected chi connectivity index (χ0v) is 12.9. The Hall–Kier alpha value is -1.60. The summed E-state index contributed by atoms with van der Waals surface area (Å²) in [6.07, 6.45) is 5.78. The lowest BCUT2D eigenvalue weighted by atomic mass is 9.77. The van der Waals surface area contributed by atoms with E-state index in [1.54, 1.807) is 0 Å². The Morgan fingerprint density at radius 3 is 2.52 bits per heavy atom. The van der Waals surface area contributed by atoms with Crippen molar-refractivity contribution < 1.29 is 0 Å². The fourth-order valence-corrected chi connectivity index (χ4v) is 3.56. The minimum absolute atomic E-state index is 0.221. The van der Waals surface area contributed by atoms with Crippen LogP contribution in [0.1, 0.15) is 47.9 Å². The van der Waals surface area contributed by atoms with E-state index < -0.39 is 0 Å². The minimum Gasteiger partial charge on any atom is -0.327 e. The highest BCUT2D eigenvalue weighted by atomic mass is 14.7. The molecule has 0 amide bonds. The molecule has 110 valence electrons. The third-order valence-corrected chi connectivity index (χ3v) is 4.84. The van der Waals surface area contributed by atoms with E-state index in [0.717, 1.165) is 12.8 Å². The number of aryl methyl sites for hydroxylation is 2. The van der Waals surface area contributed by atoms with Gasteiger partial charge in [0, 0.05) is 6.04 Å². The van der Waals surface area contributed by atoms with Crippen LogP contribution in [0, 0.1) is 0 Å². The molecule has 3 rings (SSSR count). The summed E-state index contributed by atoms with van der Waals surface area (Å²) >= 11 is 0. The Labute approximate surface area is 128 Å². The van der Waals surface area contributed by atoms with Crippen LogP contribution in [0.3, 0.4) is 0 Å². The van der Waals surface area contributed by atoms with Gasteiger partial charge in [-0.05, 0) is 60.3 Å². The van der Waals surface area contributed by atoms with E-state index in [4.69, 9.17) is 5.73 Å². The van der Waals surface area contributed by atoms with E-state index in [2.05, 4.69) is 55.5 Å². The summed E-state index contributed by atoms with van der Waals surface area (Å²) in [7, 11) is 0. The van der Waals surface area contributed by atoms with Crippen molar-refractivity contribution >= 4 is 0 Å². The summed E-state index contributed by atoms with van der Waals surface area (Å²) in [5.74, 6) is 0.515. The van der Waals surface area contributed by atoms with Crippen LogP contribution >= 0.6 is 0 Å². The molecule has 0 aliphatic heterocycles. The highest BCUT2D eigenvalue weighted by molar-refractivity contribution is 5.34. The Balaban J connectivity index is 1.75. The topological polar surface area (TPSA) is 26.0 Å². The van der Waals surface area contributed by atoms with E-state index in [-0.39, 0.29) is 6.04 Å². The number of hydrogen-bond acceptors (Lipinski definition) is 1. The summed E-state index contributed by atoms with van der Waals surface area (Å²) in [6.45, 7) is 2.19. The molecule has 21 heavy (non-hydrogen) atoms. The van der Waals surface area contributed by atoms with Gasteiger partial charge in [0.2, 0.25) is 0 Å². The molecule has 0 spiro atoms. The van der Waals surface area contributed by atoms with Crippen LogP contribution < -0.4 is 5.73 Å². The van der Waals surface area contributed by atoms with Crippen molar-refractivity contribution in [2.45, 2.75) is 51.0 Å². The molecule has 0 bridgehead atoms. The first-order valence-electron chi connectivity index (χ1n) is 8.19. The summed E-state index contributed by atoms with van der Waals surface area (Å²) in [5, 5.41) is 0. The van der Waals surface area contributed by atoms with Crippen molar-refractivity contribution in [1.29, 1.82) is 0 Å². The molecule has 2 atom stereocenters. The fraction of sp³-hybridized carbons (Fsp3) is 0.400. The molecule has 1 aliphatic carbocycles. The molecule has 0 saturated carbocycles. The van der Waals surface area contributed by atoms with E-state index in [9.17, 15) is 0 Å². The molecule has 0 aromatic heterocycles. The lowest BCUT2D eigenvalue weighted by molar-refractivity contribution is 0.460. The van der Waals surface area contributed by atoms with Gasteiger partial charge in [0.1, 0.15) is 0 Å². The van der Waals surface area contributed by atoms with Crippen LogP contribution in [0.2, 0.25) is 0 Å². The average molecular weight is 279 g/mol. The van der Waals surface area contributed by atoms with Gasteiger partial charge >= 0.3 is 0 Å². The molecular weight excluding hydrogens is 254 g/mol. The molecule has 2 N–H and O–H groups in total. The SMILES string of the molecule is CCc1ccc(CC(N)C2CCCc3ccccc32)cc1. The highest BCUT2D eigenvalue weighted by Gasteiger charge is 2.25. The average Bonchev–Trinajstić information content (AvgIpc) is 2.55. The Bertz CT molecular complexity index is 585. The normalized spacial score (nSPS) is 19.0. The van der Waals surface area contributed by atoms with Gasteiger partial charge in [-0.25, -0.2) is 0 Å². The van der Waals surface area contributed by atoms with Crippen LogP contribution in [-0.4, -0.2) is 6.04 Å². The van der Waals surface area contributed by atoms with E-state index >= 15 is 0 Å². The summed E-state index contributed by atoms with van der Waals surface area (Å²) in [5.41, 5.74) is 12.3. The van der Waals surface area contributed by atoms with Crippen molar-refractivity contribution in [3.63, 3.8) is 0 Å². The van der Waals surface area contributed by atoms with Crippen molar-refractivity contribution in [3.8, 4) is 0 Å². The van der Waals surface area contributed by atoms with Gasteiger partial charge in [-0.1, -0.05) is 55.5 Å². The fourth-order valence-electron chi connectivity index (χ4n) is 3.56. The number of fused-ring (bicyclic) bond motifs is 1. The van der Waals surface area contributed by atoms with Gasteiger partial charge < -0.3 is 5.73 Å². The predicted molar refractivity (Wildman–Crippen MR) is 89.6 cm³/mol. The van der Waals surface area contributed by atoms with Gasteiger partial charge in [-0.3, -0.25) is 0 Å². The molecule has 2 aromatic carbocycles. The summed E-state index contributed by atoms with van der Waals surface area (Å²) in [4.78, 5) is 0. The summed E-state index contributed by atoms with van der Waals surface area (Å²) < 4.78 is 0. The number of hydrogen-bond donors (Lipinski definition) is 1.